The molecule has 0 aliphatic heterocycles. The second-order valence-electron chi connectivity index (χ2n) is 1.89. The molecule has 0 rings (SSSR count). The molecule has 0 saturated carbocycles. The highest BCUT2D eigenvalue weighted by molar-refractivity contribution is 5.92. The topological polar surface area (TPSA) is 79.8 Å². The van der Waals surface area contributed by atoms with Crippen LogP contribution >= 0.6 is 0 Å². The molecule has 0 unspecified atom stereocenters. The number of carbonyl (C=O) groups is 1. The molecule has 0 heterocycles. The van der Waals surface area contributed by atoms with Gasteiger partial charge in [-0.1, -0.05) is 6.58 Å². The summed E-state index contributed by atoms with van der Waals surface area (Å²) in [6.07, 6.45) is 2.67. The molecule has 0 aliphatic carbocycles. The van der Waals surface area contributed by atoms with Crippen molar-refractivity contribution in [1.29, 1.82) is 0 Å². The number of hydrogen-bond donors (Lipinski definition) is 2. The number of primary amides is 1. The Labute approximate surface area is 71.1 Å². The van der Waals surface area contributed by atoms with E-state index < -0.39 is 5.91 Å². The van der Waals surface area contributed by atoms with E-state index in [2.05, 4.69) is 21.9 Å². The van der Waals surface area contributed by atoms with Crippen LogP contribution in [0.15, 0.2) is 22.3 Å². The highest BCUT2D eigenvalue weighted by Crippen LogP contribution is 1.86. The lowest BCUT2D eigenvalue weighted by atomic mass is 10.5. The molecule has 0 saturated heterocycles. The smallest absolute Gasteiger partial charge is 0.266 e. The van der Waals surface area contributed by atoms with Gasteiger partial charge in [0.25, 0.3) is 5.91 Å². The van der Waals surface area contributed by atoms with Gasteiger partial charge in [0.2, 0.25) is 0 Å². The van der Waals surface area contributed by atoms with E-state index >= 15 is 0 Å². The van der Waals surface area contributed by atoms with Crippen molar-refractivity contribution < 1.29 is 4.79 Å². The molecule has 3 N–H and O–H groups in total. The third kappa shape index (κ3) is 5.16. The van der Waals surface area contributed by atoms with Crippen LogP contribution < -0.4 is 11.1 Å². The van der Waals surface area contributed by atoms with Crippen molar-refractivity contribution >= 4 is 18.6 Å². The Morgan fingerprint density at radius 1 is 1.75 bits per heavy atom. The molecule has 5 heteroatoms. The average Bonchev–Trinajstić information content (AvgIpc) is 2.03. The molecule has 5 nitrogen and oxygen atoms in total. The summed E-state index contributed by atoms with van der Waals surface area (Å²) < 4.78 is 0. The quantitative estimate of drug-likeness (QED) is 0.334. The van der Waals surface area contributed by atoms with Gasteiger partial charge in [-0.2, -0.15) is 0 Å². The number of carbonyl (C=O) groups excluding carboxylic acids is 1. The zero-order valence-corrected chi connectivity index (χ0v) is 6.95. The lowest BCUT2D eigenvalue weighted by molar-refractivity contribution is -0.114. The molecular formula is C7H12N4O. The number of aliphatic imine (C=N–C) groups is 2. The SMILES string of the molecule is C=C(/N=C\N=C\NCC)C(N)=O. The highest BCUT2D eigenvalue weighted by atomic mass is 16.1. The first kappa shape index (κ1) is 10.3. The van der Waals surface area contributed by atoms with Crippen molar-refractivity contribution in [2.45, 2.75) is 6.92 Å². The van der Waals surface area contributed by atoms with Crippen LogP contribution in [0.3, 0.4) is 0 Å². The van der Waals surface area contributed by atoms with E-state index in [4.69, 9.17) is 5.73 Å². The maximum absolute atomic E-state index is 10.4. The summed E-state index contributed by atoms with van der Waals surface area (Å²) in [7, 11) is 0. The molecule has 0 aromatic carbocycles. The molecular weight excluding hydrogens is 156 g/mol. The van der Waals surface area contributed by atoms with Crippen molar-refractivity contribution in [3.05, 3.63) is 12.3 Å². The van der Waals surface area contributed by atoms with Gasteiger partial charge in [-0.3, -0.25) is 4.79 Å². The van der Waals surface area contributed by atoms with Gasteiger partial charge in [0.15, 0.2) is 0 Å². The van der Waals surface area contributed by atoms with Gasteiger partial charge in [-0.25, -0.2) is 9.98 Å². The van der Waals surface area contributed by atoms with Crippen LogP contribution in [0.4, 0.5) is 0 Å². The summed E-state index contributed by atoms with van der Waals surface area (Å²) in [5, 5.41) is 2.82. The van der Waals surface area contributed by atoms with Gasteiger partial charge in [-0.15, -0.1) is 0 Å². The highest BCUT2D eigenvalue weighted by Gasteiger charge is 1.94. The molecule has 1 amide bonds. The monoisotopic (exact) mass is 168 g/mol. The predicted molar refractivity (Wildman–Crippen MR) is 49.0 cm³/mol. The summed E-state index contributed by atoms with van der Waals surface area (Å²) in [5.74, 6) is -0.648. The van der Waals surface area contributed by atoms with Crippen molar-refractivity contribution in [3.8, 4) is 0 Å². The van der Waals surface area contributed by atoms with Crippen LogP contribution in [-0.4, -0.2) is 25.1 Å². The van der Waals surface area contributed by atoms with E-state index in [-0.39, 0.29) is 5.70 Å². The minimum Gasteiger partial charge on any atom is -0.376 e. The first-order valence-electron chi connectivity index (χ1n) is 3.44. The summed E-state index contributed by atoms with van der Waals surface area (Å²) >= 11 is 0. The molecule has 12 heavy (non-hydrogen) atoms. The lowest BCUT2D eigenvalue weighted by Crippen LogP contribution is -2.11. The predicted octanol–water partition coefficient (Wildman–Crippen LogP) is -0.349. The zero-order valence-electron chi connectivity index (χ0n) is 6.95. The molecule has 0 radical (unpaired) electrons. The zero-order chi connectivity index (χ0) is 9.40. The van der Waals surface area contributed by atoms with E-state index in [9.17, 15) is 4.79 Å². The fourth-order valence-electron chi connectivity index (χ4n) is 0.344. The fraction of sp³-hybridized carbons (Fsp3) is 0.286. The van der Waals surface area contributed by atoms with Crippen molar-refractivity contribution in [2.75, 3.05) is 6.54 Å². The second-order valence-corrected chi connectivity index (χ2v) is 1.89. The molecule has 0 atom stereocenters. The number of nitrogens with two attached hydrogens (primary N) is 1. The normalized spacial score (nSPS) is 10.8. The van der Waals surface area contributed by atoms with E-state index in [0.717, 1.165) is 6.54 Å². The molecule has 0 aromatic heterocycles. The van der Waals surface area contributed by atoms with Crippen molar-refractivity contribution in [1.82, 2.24) is 5.32 Å². The minimum atomic E-state index is -0.648. The first-order chi connectivity index (χ1) is 5.68. The molecule has 66 valence electrons. The van der Waals surface area contributed by atoms with Crippen LogP contribution in [0.5, 0.6) is 0 Å². The summed E-state index contributed by atoms with van der Waals surface area (Å²) in [4.78, 5) is 17.6. The van der Waals surface area contributed by atoms with E-state index in [0.29, 0.717) is 0 Å². The number of nitrogens with zero attached hydrogens (tertiary/aromatic N) is 2. The lowest BCUT2D eigenvalue weighted by Gasteiger charge is -1.89. The largest absolute Gasteiger partial charge is 0.376 e. The Hall–Kier alpha value is -1.65. The minimum absolute atomic E-state index is 0.0105. The fourth-order valence-corrected chi connectivity index (χ4v) is 0.344. The van der Waals surface area contributed by atoms with Gasteiger partial charge in [0, 0.05) is 6.54 Å². The van der Waals surface area contributed by atoms with Crippen LogP contribution in [0.25, 0.3) is 0 Å². The maximum atomic E-state index is 10.4. The van der Waals surface area contributed by atoms with Crippen LogP contribution in [0.2, 0.25) is 0 Å². The molecule has 0 aliphatic rings. The average molecular weight is 168 g/mol. The summed E-state index contributed by atoms with van der Waals surface area (Å²) in [6, 6.07) is 0. The third-order valence-electron chi connectivity index (χ3n) is 0.935. The number of hydrogen-bond acceptors (Lipinski definition) is 2. The Morgan fingerprint density at radius 3 is 2.92 bits per heavy atom. The van der Waals surface area contributed by atoms with Crippen LogP contribution in [0.1, 0.15) is 6.92 Å². The van der Waals surface area contributed by atoms with Gasteiger partial charge < -0.3 is 11.1 Å². The molecule has 0 bridgehead atoms. The number of nitrogens with one attached hydrogen (secondary N) is 1. The van der Waals surface area contributed by atoms with Crippen molar-refractivity contribution in [3.63, 3.8) is 0 Å². The molecule has 0 spiro atoms. The summed E-state index contributed by atoms with van der Waals surface area (Å²) in [6.45, 7) is 6.03. The second kappa shape index (κ2) is 6.09. The van der Waals surface area contributed by atoms with E-state index in [1.807, 2.05) is 6.92 Å². The standard InChI is InChI=1S/C7H12N4O/c1-3-9-4-10-5-11-6(2)7(8)12/h4-5H,2-3H2,1H3,(H2,8,12)(H,9,10,11). The van der Waals surface area contributed by atoms with Gasteiger partial charge in [-0.05, 0) is 6.92 Å². The van der Waals surface area contributed by atoms with E-state index in [1.54, 1.807) is 0 Å². The van der Waals surface area contributed by atoms with Gasteiger partial charge >= 0.3 is 0 Å². The number of rotatable bonds is 5. The van der Waals surface area contributed by atoms with Gasteiger partial charge in [0.05, 0.1) is 6.34 Å². The number of amides is 1. The van der Waals surface area contributed by atoms with Crippen LogP contribution in [-0.2, 0) is 4.79 Å². The Balaban J connectivity index is 3.76. The van der Waals surface area contributed by atoms with Crippen LogP contribution in [0, 0.1) is 0 Å². The van der Waals surface area contributed by atoms with E-state index in [1.165, 1.54) is 12.7 Å². The molecule has 0 aromatic rings. The maximum Gasteiger partial charge on any atom is 0.266 e. The third-order valence-corrected chi connectivity index (χ3v) is 0.935. The van der Waals surface area contributed by atoms with Crippen molar-refractivity contribution in [2.24, 2.45) is 15.7 Å². The Kier molecular flexibility index (Phi) is 5.25. The molecule has 0 fully saturated rings. The summed E-state index contributed by atoms with van der Waals surface area (Å²) in [5.41, 5.74) is 4.85. The Bertz CT molecular complexity index is 219. The van der Waals surface area contributed by atoms with Gasteiger partial charge in [0.1, 0.15) is 12.0 Å². The Morgan fingerprint density at radius 2 is 2.42 bits per heavy atom. The first-order valence-corrected chi connectivity index (χ1v) is 3.44.